The molecule has 0 aromatic rings. The third-order valence-corrected chi connectivity index (χ3v) is 2.51. The van der Waals surface area contributed by atoms with E-state index >= 15 is 0 Å². The van der Waals surface area contributed by atoms with Gasteiger partial charge in [0.05, 0.1) is 5.54 Å². The largest absolute Gasteiger partial charge is 0.353 e. The van der Waals surface area contributed by atoms with E-state index in [0.29, 0.717) is 12.6 Å². The predicted octanol–water partition coefficient (Wildman–Crippen LogP) is -0.0180. The van der Waals surface area contributed by atoms with Crippen LogP contribution in [0, 0.1) is 0 Å². The minimum absolute atomic E-state index is 0.0788. The molecule has 4 N–H and O–H groups in total. The highest BCUT2D eigenvalue weighted by Crippen LogP contribution is 2.06. The van der Waals surface area contributed by atoms with Gasteiger partial charge >= 0.3 is 0 Å². The summed E-state index contributed by atoms with van der Waals surface area (Å²) in [5, 5.41) is 6.24. The van der Waals surface area contributed by atoms with Gasteiger partial charge in [-0.1, -0.05) is 6.42 Å². The molecular formula is C10H21N3O. The molecule has 4 nitrogen and oxygen atoms in total. The van der Waals surface area contributed by atoms with Gasteiger partial charge in [-0.25, -0.2) is 0 Å². The Labute approximate surface area is 85.6 Å². The number of hydrogen-bond acceptors (Lipinski definition) is 3. The highest BCUT2D eigenvalue weighted by Gasteiger charge is 2.22. The highest BCUT2D eigenvalue weighted by molar-refractivity contribution is 5.85. The lowest BCUT2D eigenvalue weighted by Gasteiger charge is -2.25. The molecule has 0 aliphatic carbocycles. The Balaban J connectivity index is 2.22. The second-order valence-electron chi connectivity index (χ2n) is 4.58. The first-order valence-electron chi connectivity index (χ1n) is 5.31. The van der Waals surface area contributed by atoms with E-state index < -0.39 is 5.54 Å². The van der Waals surface area contributed by atoms with Gasteiger partial charge in [-0.05, 0) is 33.2 Å². The number of amides is 1. The quantitative estimate of drug-likeness (QED) is 0.598. The van der Waals surface area contributed by atoms with Crippen molar-refractivity contribution in [2.24, 2.45) is 5.73 Å². The zero-order valence-electron chi connectivity index (χ0n) is 9.10. The molecule has 1 aliphatic rings. The van der Waals surface area contributed by atoms with Gasteiger partial charge in [0.25, 0.3) is 0 Å². The van der Waals surface area contributed by atoms with Crippen molar-refractivity contribution in [3.05, 3.63) is 0 Å². The Kier molecular flexibility index (Phi) is 3.89. The molecule has 0 spiro atoms. The van der Waals surface area contributed by atoms with Crippen molar-refractivity contribution in [3.8, 4) is 0 Å². The summed E-state index contributed by atoms with van der Waals surface area (Å²) in [5.41, 5.74) is 4.89. The number of carbonyl (C=O) groups is 1. The van der Waals surface area contributed by atoms with Crippen LogP contribution in [0.3, 0.4) is 0 Å². The molecule has 0 saturated carbocycles. The fourth-order valence-electron chi connectivity index (χ4n) is 1.54. The molecule has 0 aromatic heterocycles. The van der Waals surface area contributed by atoms with Crippen LogP contribution in [0.1, 0.15) is 33.1 Å². The van der Waals surface area contributed by atoms with Gasteiger partial charge in [0.1, 0.15) is 0 Å². The molecule has 1 atom stereocenters. The summed E-state index contributed by atoms with van der Waals surface area (Å²) in [6.45, 7) is 5.19. The molecule has 1 aliphatic heterocycles. The minimum Gasteiger partial charge on any atom is -0.353 e. The van der Waals surface area contributed by atoms with E-state index in [4.69, 9.17) is 5.73 Å². The van der Waals surface area contributed by atoms with Crippen LogP contribution in [0.4, 0.5) is 0 Å². The summed E-state index contributed by atoms with van der Waals surface area (Å²) in [7, 11) is 0. The second kappa shape index (κ2) is 4.75. The first-order chi connectivity index (χ1) is 6.50. The van der Waals surface area contributed by atoms with Crippen molar-refractivity contribution in [2.75, 3.05) is 13.1 Å². The maximum Gasteiger partial charge on any atom is 0.239 e. The van der Waals surface area contributed by atoms with Crippen LogP contribution in [-0.4, -0.2) is 30.6 Å². The molecular weight excluding hydrogens is 178 g/mol. The van der Waals surface area contributed by atoms with Crippen molar-refractivity contribution < 1.29 is 4.79 Å². The van der Waals surface area contributed by atoms with Gasteiger partial charge in [-0.2, -0.15) is 0 Å². The topological polar surface area (TPSA) is 67.2 Å². The van der Waals surface area contributed by atoms with Crippen LogP contribution < -0.4 is 16.4 Å². The molecule has 0 bridgehead atoms. The first-order valence-corrected chi connectivity index (χ1v) is 5.31. The Morgan fingerprint density at radius 3 is 2.79 bits per heavy atom. The molecule has 1 heterocycles. The third-order valence-electron chi connectivity index (χ3n) is 2.51. The molecule has 4 heteroatoms. The molecule has 0 radical (unpaired) electrons. The van der Waals surface area contributed by atoms with E-state index in [1.807, 2.05) is 0 Å². The van der Waals surface area contributed by atoms with E-state index in [-0.39, 0.29) is 5.91 Å². The van der Waals surface area contributed by atoms with Gasteiger partial charge in [0, 0.05) is 12.6 Å². The summed E-state index contributed by atoms with van der Waals surface area (Å²) in [6, 6.07) is 0.426. The summed E-state index contributed by atoms with van der Waals surface area (Å²) in [6.07, 6.45) is 3.64. The van der Waals surface area contributed by atoms with Crippen molar-refractivity contribution in [3.63, 3.8) is 0 Å². The van der Waals surface area contributed by atoms with E-state index in [1.165, 1.54) is 12.8 Å². The van der Waals surface area contributed by atoms with Crippen LogP contribution in [0.5, 0.6) is 0 Å². The van der Waals surface area contributed by atoms with Crippen molar-refractivity contribution in [1.29, 1.82) is 0 Å². The van der Waals surface area contributed by atoms with Crippen molar-refractivity contribution in [2.45, 2.75) is 44.7 Å². The molecule has 1 rings (SSSR count). The molecule has 1 amide bonds. The van der Waals surface area contributed by atoms with E-state index in [0.717, 1.165) is 13.0 Å². The average molecular weight is 199 g/mol. The van der Waals surface area contributed by atoms with E-state index in [1.54, 1.807) is 13.8 Å². The molecule has 82 valence electrons. The summed E-state index contributed by atoms with van der Waals surface area (Å²) >= 11 is 0. The Bertz CT molecular complexity index is 192. The lowest BCUT2D eigenvalue weighted by atomic mass is 10.0. The second-order valence-corrected chi connectivity index (χ2v) is 4.58. The fourth-order valence-corrected chi connectivity index (χ4v) is 1.54. The first kappa shape index (κ1) is 11.5. The number of hydrogen-bond donors (Lipinski definition) is 3. The summed E-state index contributed by atoms with van der Waals surface area (Å²) in [5.74, 6) is -0.0788. The highest BCUT2D eigenvalue weighted by atomic mass is 16.2. The summed E-state index contributed by atoms with van der Waals surface area (Å²) in [4.78, 5) is 11.4. The standard InChI is InChI=1S/C10H21N3O/c1-10(2,11)9(14)13-7-8-5-3-4-6-12-8/h8,12H,3-7,11H2,1-2H3,(H,13,14). The lowest BCUT2D eigenvalue weighted by Crippen LogP contribution is -2.52. The average Bonchev–Trinajstić information content (AvgIpc) is 2.14. The van der Waals surface area contributed by atoms with Crippen molar-refractivity contribution in [1.82, 2.24) is 10.6 Å². The van der Waals surface area contributed by atoms with Crippen LogP contribution in [0.15, 0.2) is 0 Å². The summed E-state index contributed by atoms with van der Waals surface area (Å²) < 4.78 is 0. The number of nitrogens with two attached hydrogens (primary N) is 1. The SMILES string of the molecule is CC(C)(N)C(=O)NCC1CCCCN1. The van der Waals surface area contributed by atoms with Crippen molar-refractivity contribution >= 4 is 5.91 Å². The molecule has 14 heavy (non-hydrogen) atoms. The number of nitrogens with one attached hydrogen (secondary N) is 2. The van der Waals surface area contributed by atoms with Gasteiger partial charge < -0.3 is 16.4 Å². The lowest BCUT2D eigenvalue weighted by molar-refractivity contribution is -0.125. The van der Waals surface area contributed by atoms with Crippen LogP contribution in [0.2, 0.25) is 0 Å². The fraction of sp³-hybridized carbons (Fsp3) is 0.900. The zero-order valence-corrected chi connectivity index (χ0v) is 9.10. The Morgan fingerprint density at radius 1 is 1.57 bits per heavy atom. The molecule has 1 saturated heterocycles. The third kappa shape index (κ3) is 3.64. The van der Waals surface area contributed by atoms with E-state index in [9.17, 15) is 4.79 Å². The minimum atomic E-state index is -0.769. The molecule has 1 unspecified atom stereocenters. The molecule has 1 fully saturated rings. The van der Waals surface area contributed by atoms with Crippen LogP contribution >= 0.6 is 0 Å². The van der Waals surface area contributed by atoms with E-state index in [2.05, 4.69) is 10.6 Å². The van der Waals surface area contributed by atoms with Gasteiger partial charge in [0.2, 0.25) is 5.91 Å². The van der Waals surface area contributed by atoms with Gasteiger partial charge in [0.15, 0.2) is 0 Å². The predicted molar refractivity (Wildman–Crippen MR) is 56.9 cm³/mol. The van der Waals surface area contributed by atoms with Gasteiger partial charge in [-0.15, -0.1) is 0 Å². The number of piperidine rings is 1. The Morgan fingerprint density at radius 2 is 2.29 bits per heavy atom. The van der Waals surface area contributed by atoms with Crippen LogP contribution in [-0.2, 0) is 4.79 Å². The van der Waals surface area contributed by atoms with Gasteiger partial charge in [-0.3, -0.25) is 4.79 Å². The number of carbonyl (C=O) groups excluding carboxylic acids is 1. The monoisotopic (exact) mass is 199 g/mol. The maximum atomic E-state index is 11.4. The Hall–Kier alpha value is -0.610. The normalized spacial score (nSPS) is 23.2. The maximum absolute atomic E-state index is 11.4. The zero-order chi connectivity index (χ0) is 10.6. The molecule has 0 aromatic carbocycles. The smallest absolute Gasteiger partial charge is 0.239 e. The number of rotatable bonds is 3. The van der Waals surface area contributed by atoms with Crippen LogP contribution in [0.25, 0.3) is 0 Å².